The zero-order valence-corrected chi connectivity index (χ0v) is 13.7. The average molecular weight is 334 g/mol. The summed E-state index contributed by atoms with van der Waals surface area (Å²) < 4.78 is 1.89. The fraction of sp³-hybridized carbons (Fsp3) is 0.333. The van der Waals surface area contributed by atoms with Crippen LogP contribution in [0.4, 0.5) is 5.69 Å². The minimum atomic E-state index is -0.906. The number of carbonyl (C=O) groups is 2. The Balaban J connectivity index is 1.92. The van der Waals surface area contributed by atoms with Gasteiger partial charge in [-0.15, -0.1) is 10.2 Å². The molecule has 0 spiro atoms. The molecule has 122 valence electrons. The van der Waals surface area contributed by atoms with Gasteiger partial charge in [-0.2, -0.15) is 0 Å². The highest BCUT2D eigenvalue weighted by Gasteiger charge is 2.11. The molecular weight excluding hydrogens is 316 g/mol. The van der Waals surface area contributed by atoms with E-state index in [2.05, 4.69) is 15.5 Å². The quantitative estimate of drug-likeness (QED) is 0.754. The van der Waals surface area contributed by atoms with Gasteiger partial charge in [0.25, 0.3) is 0 Å². The first kappa shape index (κ1) is 17.0. The van der Waals surface area contributed by atoms with Crippen LogP contribution >= 0.6 is 11.8 Å². The molecule has 0 aliphatic rings. The van der Waals surface area contributed by atoms with Crippen molar-refractivity contribution >= 4 is 29.3 Å². The van der Waals surface area contributed by atoms with Crippen molar-refractivity contribution in [2.45, 2.75) is 31.5 Å². The van der Waals surface area contributed by atoms with Crippen LogP contribution in [0.15, 0.2) is 35.7 Å². The molecule has 0 bridgehead atoms. The molecule has 0 unspecified atom stereocenters. The summed E-state index contributed by atoms with van der Waals surface area (Å²) in [6.45, 7) is 4.03. The van der Waals surface area contributed by atoms with Gasteiger partial charge < -0.3 is 15.0 Å². The molecule has 23 heavy (non-hydrogen) atoms. The highest BCUT2D eigenvalue weighted by atomic mass is 32.2. The first-order chi connectivity index (χ1) is 11.0. The second-order valence-electron chi connectivity index (χ2n) is 5.22. The van der Waals surface area contributed by atoms with Gasteiger partial charge >= 0.3 is 5.97 Å². The monoisotopic (exact) mass is 334 g/mol. The Hall–Kier alpha value is -2.35. The lowest BCUT2D eigenvalue weighted by Crippen LogP contribution is -2.15. The zero-order valence-electron chi connectivity index (χ0n) is 12.9. The van der Waals surface area contributed by atoms with E-state index >= 15 is 0 Å². The summed E-state index contributed by atoms with van der Waals surface area (Å²) in [5.74, 6) is -0.882. The Labute approximate surface area is 138 Å². The summed E-state index contributed by atoms with van der Waals surface area (Å²) >= 11 is 1.31. The van der Waals surface area contributed by atoms with Crippen LogP contribution in [0.5, 0.6) is 0 Å². The Kier molecular flexibility index (Phi) is 5.75. The molecule has 2 aromatic rings. The van der Waals surface area contributed by atoms with Gasteiger partial charge in [0.1, 0.15) is 6.33 Å². The topological polar surface area (TPSA) is 97.1 Å². The maximum absolute atomic E-state index is 12.0. The van der Waals surface area contributed by atoms with Crippen LogP contribution in [0.1, 0.15) is 25.5 Å². The summed E-state index contributed by atoms with van der Waals surface area (Å²) in [6, 6.07) is 7.04. The molecule has 0 atom stereocenters. The number of anilines is 1. The van der Waals surface area contributed by atoms with E-state index in [9.17, 15) is 9.59 Å². The lowest BCUT2D eigenvalue weighted by Gasteiger charge is -2.09. The smallest absolute Gasteiger partial charge is 0.307 e. The molecule has 2 rings (SSSR count). The number of nitrogens with one attached hydrogen (secondary N) is 1. The minimum Gasteiger partial charge on any atom is -0.481 e. The second kappa shape index (κ2) is 7.77. The van der Waals surface area contributed by atoms with E-state index in [0.717, 1.165) is 0 Å². The van der Waals surface area contributed by atoms with Crippen LogP contribution in [0.25, 0.3) is 0 Å². The van der Waals surface area contributed by atoms with E-state index in [-0.39, 0.29) is 24.1 Å². The Morgan fingerprint density at radius 1 is 1.39 bits per heavy atom. The van der Waals surface area contributed by atoms with Gasteiger partial charge in [-0.25, -0.2) is 0 Å². The molecule has 7 nitrogen and oxygen atoms in total. The van der Waals surface area contributed by atoms with Crippen molar-refractivity contribution in [2.24, 2.45) is 0 Å². The van der Waals surface area contributed by atoms with Gasteiger partial charge in [-0.05, 0) is 31.5 Å². The molecule has 0 aliphatic heterocycles. The summed E-state index contributed by atoms with van der Waals surface area (Å²) in [5.41, 5.74) is 1.22. The van der Waals surface area contributed by atoms with Crippen molar-refractivity contribution in [3.63, 3.8) is 0 Å². The molecule has 8 heteroatoms. The SMILES string of the molecule is CC(C)n1cnnc1SCC(=O)Nc1cccc(CC(=O)O)c1. The fourth-order valence-corrected chi connectivity index (χ4v) is 2.79. The van der Waals surface area contributed by atoms with Crippen LogP contribution in [-0.2, 0) is 16.0 Å². The standard InChI is InChI=1S/C15H18N4O3S/c1-10(2)19-9-16-18-15(19)23-8-13(20)17-12-5-3-4-11(6-12)7-14(21)22/h3-6,9-10H,7-8H2,1-2H3,(H,17,20)(H,21,22). The third-order valence-electron chi connectivity index (χ3n) is 2.99. The lowest BCUT2D eigenvalue weighted by molar-refractivity contribution is -0.136. The Morgan fingerprint density at radius 3 is 2.87 bits per heavy atom. The summed E-state index contributed by atoms with van der Waals surface area (Å²) in [7, 11) is 0. The average Bonchev–Trinajstić information content (AvgIpc) is 2.93. The van der Waals surface area contributed by atoms with Crippen molar-refractivity contribution in [1.82, 2.24) is 14.8 Å². The van der Waals surface area contributed by atoms with Crippen molar-refractivity contribution in [1.29, 1.82) is 0 Å². The summed E-state index contributed by atoms with van der Waals surface area (Å²) in [4.78, 5) is 22.7. The summed E-state index contributed by atoms with van der Waals surface area (Å²) in [5, 5.41) is 20.1. The third-order valence-corrected chi connectivity index (χ3v) is 3.95. The van der Waals surface area contributed by atoms with Gasteiger partial charge in [0.2, 0.25) is 5.91 Å². The van der Waals surface area contributed by atoms with Gasteiger partial charge in [0, 0.05) is 11.7 Å². The van der Waals surface area contributed by atoms with Crippen molar-refractivity contribution in [3.8, 4) is 0 Å². The molecule has 0 radical (unpaired) electrons. The molecule has 1 amide bonds. The van der Waals surface area contributed by atoms with Crippen LogP contribution in [0.3, 0.4) is 0 Å². The maximum atomic E-state index is 12.0. The molecular formula is C15H18N4O3S. The Morgan fingerprint density at radius 2 is 2.17 bits per heavy atom. The van der Waals surface area contributed by atoms with Gasteiger partial charge in [-0.1, -0.05) is 23.9 Å². The van der Waals surface area contributed by atoms with Crippen LogP contribution in [-0.4, -0.2) is 37.5 Å². The summed E-state index contributed by atoms with van der Waals surface area (Å²) in [6.07, 6.45) is 1.57. The Bertz CT molecular complexity index is 700. The molecule has 0 saturated heterocycles. The van der Waals surface area contributed by atoms with Crippen LogP contribution in [0, 0.1) is 0 Å². The van der Waals surface area contributed by atoms with E-state index in [4.69, 9.17) is 5.11 Å². The van der Waals surface area contributed by atoms with Gasteiger partial charge in [-0.3, -0.25) is 9.59 Å². The lowest BCUT2D eigenvalue weighted by atomic mass is 10.1. The van der Waals surface area contributed by atoms with Crippen molar-refractivity contribution in [3.05, 3.63) is 36.2 Å². The second-order valence-corrected chi connectivity index (χ2v) is 6.16. The first-order valence-corrected chi connectivity index (χ1v) is 8.07. The minimum absolute atomic E-state index is 0.0735. The molecule has 0 aliphatic carbocycles. The van der Waals surface area contributed by atoms with Crippen molar-refractivity contribution < 1.29 is 14.7 Å². The van der Waals surface area contributed by atoms with E-state index in [1.807, 2.05) is 18.4 Å². The molecule has 0 fully saturated rings. The first-order valence-electron chi connectivity index (χ1n) is 7.08. The predicted octanol–water partition coefficient (Wildman–Crippen LogP) is 2.22. The molecule has 1 heterocycles. The number of carboxylic acids is 1. The van der Waals surface area contributed by atoms with Crippen LogP contribution < -0.4 is 5.32 Å². The zero-order chi connectivity index (χ0) is 16.8. The number of carboxylic acid groups (broad SMARTS) is 1. The maximum Gasteiger partial charge on any atom is 0.307 e. The number of amides is 1. The largest absolute Gasteiger partial charge is 0.481 e. The van der Waals surface area contributed by atoms with Crippen LogP contribution in [0.2, 0.25) is 0 Å². The number of carbonyl (C=O) groups excluding carboxylic acids is 1. The highest BCUT2D eigenvalue weighted by Crippen LogP contribution is 2.19. The molecule has 1 aromatic heterocycles. The number of benzene rings is 1. The normalized spacial score (nSPS) is 10.7. The number of thioether (sulfide) groups is 1. The number of aliphatic carboxylic acids is 1. The van der Waals surface area contributed by atoms with E-state index in [1.54, 1.807) is 30.6 Å². The van der Waals surface area contributed by atoms with Gasteiger partial charge in [0.05, 0.1) is 12.2 Å². The molecule has 2 N–H and O–H groups in total. The number of hydrogen-bond acceptors (Lipinski definition) is 5. The number of nitrogens with zero attached hydrogens (tertiary/aromatic N) is 3. The predicted molar refractivity (Wildman–Crippen MR) is 87.5 cm³/mol. The molecule has 0 saturated carbocycles. The number of aromatic nitrogens is 3. The van der Waals surface area contributed by atoms with E-state index < -0.39 is 5.97 Å². The van der Waals surface area contributed by atoms with Gasteiger partial charge in [0.15, 0.2) is 5.16 Å². The van der Waals surface area contributed by atoms with E-state index in [1.165, 1.54) is 11.8 Å². The highest BCUT2D eigenvalue weighted by molar-refractivity contribution is 7.99. The number of rotatable bonds is 7. The van der Waals surface area contributed by atoms with E-state index in [0.29, 0.717) is 16.4 Å². The van der Waals surface area contributed by atoms with Crippen molar-refractivity contribution in [2.75, 3.05) is 11.1 Å². The molecule has 1 aromatic carbocycles. The third kappa shape index (κ3) is 5.10. The number of hydrogen-bond donors (Lipinski definition) is 2. The fourth-order valence-electron chi connectivity index (χ4n) is 1.95.